The number of anilines is 3. The maximum atomic E-state index is 13.8. The van der Waals surface area contributed by atoms with E-state index in [1.54, 1.807) is 28.9 Å². The summed E-state index contributed by atoms with van der Waals surface area (Å²) < 4.78 is 26.9. The van der Waals surface area contributed by atoms with E-state index in [9.17, 15) is 9.18 Å². The number of carbonyl (C=O) groups excluding carboxylic acids is 1. The van der Waals surface area contributed by atoms with E-state index in [1.165, 1.54) is 25.3 Å². The molecule has 0 aliphatic heterocycles. The summed E-state index contributed by atoms with van der Waals surface area (Å²) >= 11 is 0. The number of benzene rings is 2. The van der Waals surface area contributed by atoms with E-state index in [0.717, 1.165) is 5.52 Å². The number of hydrogen-bond donors (Lipinski definition) is 2. The van der Waals surface area contributed by atoms with Crippen molar-refractivity contribution in [2.24, 2.45) is 0 Å². The Bertz CT molecular complexity index is 1400. The van der Waals surface area contributed by atoms with Gasteiger partial charge in [0.15, 0.2) is 0 Å². The van der Waals surface area contributed by atoms with Crippen LogP contribution in [0.25, 0.3) is 16.8 Å². The highest BCUT2D eigenvalue weighted by Crippen LogP contribution is 2.38. The van der Waals surface area contributed by atoms with Crippen LogP contribution in [0.4, 0.5) is 21.7 Å². The third-order valence-corrected chi connectivity index (χ3v) is 5.31. The molecule has 0 saturated heterocycles. The predicted molar refractivity (Wildman–Crippen MR) is 138 cm³/mol. The van der Waals surface area contributed by atoms with Gasteiger partial charge in [0.25, 0.3) is 0 Å². The molecule has 0 aliphatic rings. The van der Waals surface area contributed by atoms with Crippen molar-refractivity contribution in [3.05, 3.63) is 73.2 Å². The number of rotatable bonds is 10. The van der Waals surface area contributed by atoms with E-state index in [4.69, 9.17) is 9.47 Å². The summed E-state index contributed by atoms with van der Waals surface area (Å²) in [5, 5.41) is 10.5. The zero-order chi connectivity index (χ0) is 25.7. The molecule has 0 aliphatic carbocycles. The number of fused-ring (bicyclic) bond motifs is 1. The minimum Gasteiger partial charge on any atom is -0.494 e. The molecule has 4 rings (SSSR count). The van der Waals surface area contributed by atoms with E-state index in [0.29, 0.717) is 47.3 Å². The number of ether oxygens (including phenoxy) is 2. The van der Waals surface area contributed by atoms with Gasteiger partial charge in [0.05, 0.1) is 35.9 Å². The Labute approximate surface area is 208 Å². The Morgan fingerprint density at radius 3 is 2.72 bits per heavy atom. The topological polar surface area (TPSA) is 93.0 Å². The molecule has 0 bridgehead atoms. The van der Waals surface area contributed by atoms with Crippen molar-refractivity contribution in [2.45, 2.75) is 0 Å². The average Bonchev–Trinajstić information content (AvgIpc) is 3.28. The lowest BCUT2D eigenvalue weighted by molar-refractivity contribution is -0.111. The van der Waals surface area contributed by atoms with E-state index in [-0.39, 0.29) is 17.7 Å². The Kier molecular flexibility index (Phi) is 7.45. The third-order valence-electron chi connectivity index (χ3n) is 5.31. The molecule has 2 aromatic heterocycles. The van der Waals surface area contributed by atoms with Crippen molar-refractivity contribution in [1.82, 2.24) is 19.5 Å². The summed E-state index contributed by atoms with van der Waals surface area (Å²) in [6, 6.07) is 13.4. The summed E-state index contributed by atoms with van der Waals surface area (Å²) in [5.41, 5.74) is 3.09. The van der Waals surface area contributed by atoms with Crippen molar-refractivity contribution in [3.63, 3.8) is 0 Å². The molecule has 2 heterocycles. The molecule has 36 heavy (non-hydrogen) atoms. The van der Waals surface area contributed by atoms with Gasteiger partial charge in [-0.1, -0.05) is 18.7 Å². The second-order valence-corrected chi connectivity index (χ2v) is 8.17. The quantitative estimate of drug-likeness (QED) is 0.319. The molecule has 0 saturated carbocycles. The van der Waals surface area contributed by atoms with E-state index < -0.39 is 0 Å². The maximum Gasteiger partial charge on any atom is 0.247 e. The molecule has 0 spiro atoms. The predicted octanol–water partition coefficient (Wildman–Crippen LogP) is 4.35. The molecule has 4 aromatic rings. The first kappa shape index (κ1) is 24.7. The third kappa shape index (κ3) is 5.61. The molecule has 0 unspecified atom stereocenters. The smallest absolute Gasteiger partial charge is 0.247 e. The summed E-state index contributed by atoms with van der Waals surface area (Å²) in [6.07, 6.45) is 2.84. The van der Waals surface area contributed by atoms with Crippen molar-refractivity contribution >= 4 is 28.7 Å². The highest BCUT2D eigenvalue weighted by Gasteiger charge is 2.16. The van der Waals surface area contributed by atoms with Crippen LogP contribution in [-0.2, 0) is 4.79 Å². The van der Waals surface area contributed by atoms with E-state index >= 15 is 0 Å². The zero-order valence-corrected chi connectivity index (χ0v) is 20.3. The molecular weight excluding hydrogens is 463 g/mol. The number of aromatic nitrogens is 3. The Balaban J connectivity index is 1.69. The van der Waals surface area contributed by atoms with Crippen LogP contribution in [0.5, 0.6) is 11.5 Å². The monoisotopic (exact) mass is 490 g/mol. The first-order valence-corrected chi connectivity index (χ1v) is 11.2. The lowest BCUT2D eigenvalue weighted by Crippen LogP contribution is -2.20. The molecule has 0 radical (unpaired) electrons. The standard InChI is InChI=1S/C26H27FN6O3/c1-5-25(34)29-21-14-20(23(35-4)15-24(21)36-12-11-32(2)3)30-26-28-16-19-9-10-22(33(19)31-26)17-7-6-8-18(27)13-17/h5-10,13-16H,1,11-12H2,2-4H3,(H,29,34)(H,30,31). The Morgan fingerprint density at radius 1 is 1.17 bits per heavy atom. The van der Waals surface area contributed by atoms with Gasteiger partial charge in [-0.05, 0) is 50.5 Å². The summed E-state index contributed by atoms with van der Waals surface area (Å²) in [7, 11) is 5.42. The minimum atomic E-state index is -0.381. The summed E-state index contributed by atoms with van der Waals surface area (Å²) in [5.74, 6) is 0.476. The van der Waals surface area contributed by atoms with Gasteiger partial charge in [-0.25, -0.2) is 13.9 Å². The van der Waals surface area contributed by atoms with Crippen LogP contribution in [0.3, 0.4) is 0 Å². The molecule has 0 fully saturated rings. The van der Waals surface area contributed by atoms with Crippen LogP contribution >= 0.6 is 0 Å². The van der Waals surface area contributed by atoms with Gasteiger partial charge in [-0.15, -0.1) is 5.10 Å². The van der Waals surface area contributed by atoms with Gasteiger partial charge in [-0.2, -0.15) is 0 Å². The Morgan fingerprint density at radius 2 is 2.00 bits per heavy atom. The number of carbonyl (C=O) groups is 1. The summed E-state index contributed by atoms with van der Waals surface area (Å²) in [6.45, 7) is 4.61. The molecule has 2 N–H and O–H groups in total. The van der Waals surface area contributed by atoms with Gasteiger partial charge >= 0.3 is 0 Å². The number of nitrogens with one attached hydrogen (secondary N) is 2. The molecule has 9 nitrogen and oxygen atoms in total. The second-order valence-electron chi connectivity index (χ2n) is 8.17. The number of likely N-dealkylation sites (N-methyl/N-ethyl adjacent to an activating group) is 1. The molecular formula is C26H27FN6O3. The minimum absolute atomic E-state index is 0.275. The molecule has 186 valence electrons. The van der Waals surface area contributed by atoms with E-state index in [1.807, 2.05) is 37.2 Å². The second kappa shape index (κ2) is 10.9. The number of hydrogen-bond acceptors (Lipinski definition) is 7. The summed E-state index contributed by atoms with van der Waals surface area (Å²) in [4.78, 5) is 18.4. The van der Waals surface area contributed by atoms with Crippen LogP contribution < -0.4 is 20.1 Å². The fourth-order valence-corrected chi connectivity index (χ4v) is 3.51. The fraction of sp³-hybridized carbons (Fsp3) is 0.192. The number of halogens is 1. The lowest BCUT2D eigenvalue weighted by Gasteiger charge is -2.18. The highest BCUT2D eigenvalue weighted by molar-refractivity contribution is 6.00. The molecule has 1 amide bonds. The number of nitrogens with zero attached hydrogens (tertiary/aromatic N) is 4. The van der Waals surface area contributed by atoms with Crippen molar-refractivity contribution < 1.29 is 18.7 Å². The number of methoxy groups -OCH3 is 1. The van der Waals surface area contributed by atoms with Crippen molar-refractivity contribution in [1.29, 1.82) is 0 Å². The van der Waals surface area contributed by atoms with Gasteiger partial charge < -0.3 is 25.0 Å². The van der Waals surface area contributed by atoms with Gasteiger partial charge in [0, 0.05) is 18.2 Å². The van der Waals surface area contributed by atoms with Crippen molar-refractivity contribution in [2.75, 3.05) is 45.0 Å². The molecule has 10 heteroatoms. The molecule has 2 aromatic carbocycles. The van der Waals surface area contributed by atoms with Gasteiger partial charge in [0.1, 0.15) is 23.9 Å². The van der Waals surface area contributed by atoms with Crippen LogP contribution in [-0.4, -0.2) is 59.8 Å². The first-order chi connectivity index (χ1) is 17.4. The maximum absolute atomic E-state index is 13.8. The average molecular weight is 491 g/mol. The van der Waals surface area contributed by atoms with E-state index in [2.05, 4.69) is 27.3 Å². The van der Waals surface area contributed by atoms with Crippen LogP contribution in [0.2, 0.25) is 0 Å². The molecule has 0 atom stereocenters. The van der Waals surface area contributed by atoms with Gasteiger partial charge in [-0.3, -0.25) is 4.79 Å². The van der Waals surface area contributed by atoms with Crippen LogP contribution in [0.1, 0.15) is 0 Å². The largest absolute Gasteiger partial charge is 0.494 e. The normalized spacial score (nSPS) is 10.9. The number of amides is 1. The Hall–Kier alpha value is -4.44. The van der Waals surface area contributed by atoms with Crippen LogP contribution in [0, 0.1) is 5.82 Å². The van der Waals surface area contributed by atoms with Gasteiger partial charge in [0.2, 0.25) is 11.9 Å². The zero-order valence-electron chi connectivity index (χ0n) is 20.3. The van der Waals surface area contributed by atoms with Crippen molar-refractivity contribution in [3.8, 4) is 22.8 Å². The SMILES string of the molecule is C=CC(=O)Nc1cc(Nc2ncc3ccc(-c4cccc(F)c4)n3n2)c(OC)cc1OCCN(C)C. The lowest BCUT2D eigenvalue weighted by atomic mass is 10.1. The highest BCUT2D eigenvalue weighted by atomic mass is 19.1. The fourth-order valence-electron chi connectivity index (χ4n) is 3.51. The first-order valence-electron chi connectivity index (χ1n) is 11.2. The van der Waals surface area contributed by atoms with Crippen LogP contribution in [0.15, 0.2) is 67.4 Å².